The Morgan fingerprint density at radius 1 is 1.17 bits per heavy atom. The van der Waals surface area contributed by atoms with Crippen molar-refractivity contribution in [1.82, 2.24) is 10.2 Å². The summed E-state index contributed by atoms with van der Waals surface area (Å²) in [5.74, 6) is -0.636. The van der Waals surface area contributed by atoms with Gasteiger partial charge in [-0.1, -0.05) is 23.8 Å². The van der Waals surface area contributed by atoms with Gasteiger partial charge in [-0.3, -0.25) is 0 Å². The molecule has 0 saturated heterocycles. The zero-order valence-corrected chi connectivity index (χ0v) is 13.2. The van der Waals surface area contributed by atoms with Gasteiger partial charge in [-0.15, -0.1) is 10.2 Å². The molecule has 6 heteroatoms. The van der Waals surface area contributed by atoms with E-state index in [1.807, 2.05) is 31.2 Å². The summed E-state index contributed by atoms with van der Waals surface area (Å²) in [6, 6.07) is 12.9. The third kappa shape index (κ3) is 3.48. The summed E-state index contributed by atoms with van der Waals surface area (Å²) in [5.41, 5.74) is 2.03. The number of benzene rings is 2. The first-order chi connectivity index (χ1) is 11.5. The normalized spacial score (nSPS) is 12.0. The van der Waals surface area contributed by atoms with Crippen molar-refractivity contribution in [3.05, 3.63) is 71.4 Å². The van der Waals surface area contributed by atoms with E-state index in [1.165, 1.54) is 18.2 Å². The predicted octanol–water partition coefficient (Wildman–Crippen LogP) is 4.10. The Hall–Kier alpha value is -3.02. The van der Waals surface area contributed by atoms with E-state index in [2.05, 4.69) is 10.2 Å². The highest BCUT2D eigenvalue weighted by molar-refractivity contribution is 5.89. The van der Waals surface area contributed by atoms with E-state index in [0.717, 1.165) is 17.2 Å². The van der Waals surface area contributed by atoms with Crippen LogP contribution in [0.25, 0.3) is 11.5 Å². The van der Waals surface area contributed by atoms with Crippen LogP contribution in [0.15, 0.2) is 52.9 Å². The van der Waals surface area contributed by atoms with Crippen LogP contribution in [0.2, 0.25) is 0 Å². The molecule has 5 nitrogen and oxygen atoms in total. The predicted molar refractivity (Wildman–Crippen MR) is 84.7 cm³/mol. The SMILES string of the molecule is Cc1ccc(-c2nnc([C@H](C)OC(=O)c3cccc(F)c3)o2)cc1. The first kappa shape index (κ1) is 15.9. The Morgan fingerprint density at radius 3 is 2.62 bits per heavy atom. The minimum absolute atomic E-state index is 0.125. The van der Waals surface area contributed by atoms with Gasteiger partial charge >= 0.3 is 5.97 Å². The lowest BCUT2D eigenvalue weighted by molar-refractivity contribution is 0.0279. The van der Waals surface area contributed by atoms with E-state index in [1.54, 1.807) is 6.92 Å². The van der Waals surface area contributed by atoms with Gasteiger partial charge in [0.25, 0.3) is 5.89 Å². The lowest BCUT2D eigenvalue weighted by Crippen LogP contribution is -2.09. The van der Waals surface area contributed by atoms with Gasteiger partial charge in [-0.05, 0) is 44.2 Å². The fourth-order valence-electron chi connectivity index (χ4n) is 2.11. The van der Waals surface area contributed by atoms with Crippen molar-refractivity contribution in [2.45, 2.75) is 20.0 Å². The summed E-state index contributed by atoms with van der Waals surface area (Å²) in [6.45, 7) is 3.60. The Labute approximate surface area is 138 Å². The van der Waals surface area contributed by atoms with Gasteiger partial charge in [0.05, 0.1) is 5.56 Å². The Bertz CT molecular complexity index is 859. The second-order valence-electron chi connectivity index (χ2n) is 5.37. The van der Waals surface area contributed by atoms with Crippen LogP contribution in [-0.2, 0) is 4.74 Å². The van der Waals surface area contributed by atoms with E-state index in [0.29, 0.717) is 5.89 Å². The summed E-state index contributed by atoms with van der Waals surface area (Å²) >= 11 is 0. The molecule has 0 saturated carbocycles. The second kappa shape index (κ2) is 6.62. The summed E-state index contributed by atoms with van der Waals surface area (Å²) in [5, 5.41) is 7.87. The van der Waals surface area contributed by atoms with Crippen molar-refractivity contribution >= 4 is 5.97 Å². The first-order valence-electron chi connectivity index (χ1n) is 7.40. The van der Waals surface area contributed by atoms with Crippen LogP contribution in [0.4, 0.5) is 4.39 Å². The maximum atomic E-state index is 13.2. The third-order valence-electron chi connectivity index (χ3n) is 3.43. The molecular weight excluding hydrogens is 311 g/mol. The third-order valence-corrected chi connectivity index (χ3v) is 3.43. The van der Waals surface area contributed by atoms with Crippen LogP contribution in [-0.4, -0.2) is 16.2 Å². The molecule has 0 aliphatic rings. The number of aromatic nitrogens is 2. The average molecular weight is 326 g/mol. The largest absolute Gasteiger partial charge is 0.449 e. The van der Waals surface area contributed by atoms with Crippen molar-refractivity contribution in [3.8, 4) is 11.5 Å². The number of ether oxygens (including phenoxy) is 1. The molecule has 0 bridgehead atoms. The number of esters is 1. The topological polar surface area (TPSA) is 65.2 Å². The molecule has 1 aromatic heterocycles. The van der Waals surface area contributed by atoms with Gasteiger partial charge in [-0.2, -0.15) is 0 Å². The minimum atomic E-state index is -0.743. The molecule has 3 aromatic rings. The van der Waals surface area contributed by atoms with Gasteiger partial charge in [0.15, 0.2) is 6.10 Å². The molecule has 1 atom stereocenters. The highest BCUT2D eigenvalue weighted by atomic mass is 19.1. The molecule has 2 aromatic carbocycles. The number of rotatable bonds is 4. The zero-order valence-electron chi connectivity index (χ0n) is 13.2. The standard InChI is InChI=1S/C18H15FN2O3/c1-11-6-8-13(9-7-11)17-21-20-16(24-17)12(2)23-18(22)14-4-3-5-15(19)10-14/h3-10,12H,1-2H3/t12-/m0/s1. The molecule has 122 valence electrons. The molecule has 3 rings (SSSR count). The number of hydrogen-bond acceptors (Lipinski definition) is 5. The van der Waals surface area contributed by atoms with Gasteiger partial charge in [0, 0.05) is 5.56 Å². The van der Waals surface area contributed by atoms with Crippen LogP contribution in [0.5, 0.6) is 0 Å². The summed E-state index contributed by atoms with van der Waals surface area (Å²) in [7, 11) is 0. The number of aryl methyl sites for hydroxylation is 1. The Kier molecular flexibility index (Phi) is 4.37. The molecular formula is C18H15FN2O3. The lowest BCUT2D eigenvalue weighted by atomic mass is 10.1. The Balaban J connectivity index is 1.73. The molecule has 0 aliphatic heterocycles. The molecule has 0 N–H and O–H groups in total. The van der Waals surface area contributed by atoms with E-state index in [9.17, 15) is 9.18 Å². The van der Waals surface area contributed by atoms with E-state index >= 15 is 0 Å². The van der Waals surface area contributed by atoms with Crippen LogP contribution < -0.4 is 0 Å². The number of carbonyl (C=O) groups excluding carboxylic acids is 1. The smallest absolute Gasteiger partial charge is 0.339 e. The summed E-state index contributed by atoms with van der Waals surface area (Å²) in [4.78, 5) is 12.0. The van der Waals surface area contributed by atoms with Gasteiger partial charge in [-0.25, -0.2) is 9.18 Å². The molecule has 24 heavy (non-hydrogen) atoms. The van der Waals surface area contributed by atoms with Gasteiger partial charge in [0.2, 0.25) is 5.89 Å². The van der Waals surface area contributed by atoms with Crippen molar-refractivity contribution in [2.24, 2.45) is 0 Å². The average Bonchev–Trinajstić information content (AvgIpc) is 3.05. The highest BCUT2D eigenvalue weighted by Gasteiger charge is 2.20. The number of nitrogens with zero attached hydrogens (tertiary/aromatic N) is 2. The number of hydrogen-bond donors (Lipinski definition) is 0. The summed E-state index contributed by atoms with van der Waals surface area (Å²) < 4.78 is 24.0. The number of halogens is 1. The van der Waals surface area contributed by atoms with Crippen molar-refractivity contribution in [2.75, 3.05) is 0 Å². The summed E-state index contributed by atoms with van der Waals surface area (Å²) in [6.07, 6.45) is -0.743. The fourth-order valence-corrected chi connectivity index (χ4v) is 2.11. The molecule has 1 heterocycles. The van der Waals surface area contributed by atoms with E-state index in [-0.39, 0.29) is 11.5 Å². The molecule has 0 aliphatic carbocycles. The second-order valence-corrected chi connectivity index (χ2v) is 5.37. The molecule has 0 amide bonds. The van der Waals surface area contributed by atoms with Gasteiger partial charge in [0.1, 0.15) is 5.82 Å². The van der Waals surface area contributed by atoms with Gasteiger partial charge < -0.3 is 9.15 Å². The monoisotopic (exact) mass is 326 g/mol. The minimum Gasteiger partial charge on any atom is -0.449 e. The number of carbonyl (C=O) groups is 1. The quantitative estimate of drug-likeness (QED) is 0.675. The van der Waals surface area contributed by atoms with E-state index in [4.69, 9.17) is 9.15 Å². The van der Waals surface area contributed by atoms with Crippen molar-refractivity contribution in [3.63, 3.8) is 0 Å². The maximum Gasteiger partial charge on any atom is 0.339 e. The van der Waals surface area contributed by atoms with E-state index < -0.39 is 17.9 Å². The van der Waals surface area contributed by atoms with Crippen molar-refractivity contribution < 1.29 is 18.3 Å². The Morgan fingerprint density at radius 2 is 1.92 bits per heavy atom. The maximum absolute atomic E-state index is 13.2. The molecule has 0 unspecified atom stereocenters. The van der Waals surface area contributed by atoms with Crippen molar-refractivity contribution in [1.29, 1.82) is 0 Å². The molecule has 0 spiro atoms. The van der Waals surface area contributed by atoms with Crippen LogP contribution in [0.1, 0.15) is 34.8 Å². The lowest BCUT2D eigenvalue weighted by Gasteiger charge is -2.09. The molecule has 0 fully saturated rings. The molecule has 0 radical (unpaired) electrons. The van der Waals surface area contributed by atoms with Crippen LogP contribution in [0, 0.1) is 12.7 Å². The van der Waals surface area contributed by atoms with Crippen LogP contribution >= 0.6 is 0 Å². The van der Waals surface area contributed by atoms with Crippen LogP contribution in [0.3, 0.4) is 0 Å². The first-order valence-corrected chi connectivity index (χ1v) is 7.40. The fraction of sp³-hybridized carbons (Fsp3) is 0.167. The zero-order chi connectivity index (χ0) is 17.1. The highest BCUT2D eigenvalue weighted by Crippen LogP contribution is 2.23.